The first kappa shape index (κ1) is 20.6. The maximum atomic E-state index is 14.1. The van der Waals surface area contributed by atoms with Crippen molar-refractivity contribution in [3.8, 4) is 0 Å². The van der Waals surface area contributed by atoms with E-state index in [-0.39, 0.29) is 10.7 Å². The van der Waals surface area contributed by atoms with Gasteiger partial charge in [-0.25, -0.2) is 13.6 Å². The molecule has 8 heteroatoms. The Morgan fingerprint density at radius 1 is 1.14 bits per heavy atom. The van der Waals surface area contributed by atoms with Crippen LogP contribution in [0.3, 0.4) is 0 Å². The van der Waals surface area contributed by atoms with Gasteiger partial charge in [0.25, 0.3) is 5.78 Å². The van der Waals surface area contributed by atoms with E-state index in [1.54, 1.807) is 32.0 Å². The van der Waals surface area contributed by atoms with E-state index < -0.39 is 29.4 Å². The number of carbonyl (C=O) groups is 2. The smallest absolute Gasteiger partial charge is 0.379 e. The summed E-state index contributed by atoms with van der Waals surface area (Å²) in [5.41, 5.74) is 1.61. The Kier molecular flexibility index (Phi) is 5.74. The summed E-state index contributed by atoms with van der Waals surface area (Å²) in [6, 6.07) is 9.28. The Morgan fingerprint density at radius 2 is 1.86 bits per heavy atom. The van der Waals surface area contributed by atoms with Crippen LogP contribution in [0.5, 0.6) is 0 Å². The number of aryl methyl sites for hydroxylation is 1. The van der Waals surface area contributed by atoms with Crippen LogP contribution in [0.2, 0.25) is 0 Å². The average Bonchev–Trinajstić information content (AvgIpc) is 2.69. The van der Waals surface area contributed by atoms with Crippen LogP contribution < -0.4 is 10.2 Å². The van der Waals surface area contributed by atoms with Crippen molar-refractivity contribution in [3.05, 3.63) is 76.5 Å². The highest BCUT2D eigenvalue weighted by Crippen LogP contribution is 2.34. The van der Waals surface area contributed by atoms with Crippen LogP contribution in [-0.2, 0) is 14.3 Å². The summed E-state index contributed by atoms with van der Waals surface area (Å²) in [4.78, 5) is 26.3. The van der Waals surface area contributed by atoms with Crippen LogP contribution in [0, 0.1) is 18.6 Å². The first-order valence-corrected chi connectivity index (χ1v) is 9.11. The third-order valence-electron chi connectivity index (χ3n) is 4.70. The molecule has 0 aliphatic carbocycles. The van der Waals surface area contributed by atoms with Crippen molar-refractivity contribution in [2.75, 3.05) is 12.0 Å². The highest BCUT2D eigenvalue weighted by atomic mass is 32.1. The number of anilines is 1. The van der Waals surface area contributed by atoms with E-state index in [1.807, 2.05) is 0 Å². The Morgan fingerprint density at radius 3 is 2.48 bits per heavy atom. The summed E-state index contributed by atoms with van der Waals surface area (Å²) in [7, 11) is 1.10. The summed E-state index contributed by atoms with van der Waals surface area (Å²) >= 11 is 5.44. The molecule has 0 aromatic heterocycles. The van der Waals surface area contributed by atoms with Crippen LogP contribution in [0.15, 0.2) is 53.7 Å². The molecule has 2 aromatic rings. The lowest BCUT2D eigenvalue weighted by Crippen LogP contribution is -2.48. The van der Waals surface area contributed by atoms with Gasteiger partial charge in [0.2, 0.25) is 0 Å². The molecule has 0 spiro atoms. The number of nitrogens with one attached hydrogen (secondary N) is 1. The maximum absolute atomic E-state index is 14.1. The third-order valence-corrected chi connectivity index (χ3v) is 5.00. The molecule has 0 saturated carbocycles. The number of thiocarbonyl (C=S) groups is 1. The predicted molar refractivity (Wildman–Crippen MR) is 108 cm³/mol. The number of esters is 1. The van der Waals surface area contributed by atoms with Crippen LogP contribution in [-0.4, -0.2) is 24.0 Å². The molecular weight excluding hydrogens is 398 g/mol. The summed E-state index contributed by atoms with van der Waals surface area (Å²) in [6.45, 7) is 3.22. The third kappa shape index (κ3) is 3.88. The number of hydrogen-bond acceptors (Lipinski definition) is 4. The molecule has 150 valence electrons. The minimum absolute atomic E-state index is 0.0389. The van der Waals surface area contributed by atoms with Gasteiger partial charge in [-0.15, -0.1) is 0 Å². The number of benzene rings is 2. The second-order valence-electron chi connectivity index (χ2n) is 6.53. The number of ketones is 1. The van der Waals surface area contributed by atoms with Crippen LogP contribution in [0.4, 0.5) is 14.5 Å². The number of allylic oxidation sites excluding steroid dienone is 1. The molecule has 5 nitrogen and oxygen atoms in total. The molecule has 1 heterocycles. The summed E-state index contributed by atoms with van der Waals surface area (Å²) in [5.74, 6) is -2.90. The zero-order valence-electron chi connectivity index (χ0n) is 16.0. The van der Waals surface area contributed by atoms with Crippen molar-refractivity contribution in [1.29, 1.82) is 0 Å². The van der Waals surface area contributed by atoms with Gasteiger partial charge >= 0.3 is 5.97 Å². The van der Waals surface area contributed by atoms with Crippen LogP contribution >= 0.6 is 12.2 Å². The monoisotopic (exact) mass is 416 g/mol. The SMILES string of the molecule is COC(=O)C(=O)C1=C(C)N(c2ccc(C)c(F)c2)C(=S)N[C@H]1c1cccc(F)c1. The van der Waals surface area contributed by atoms with Gasteiger partial charge in [-0.05, 0) is 61.5 Å². The zero-order valence-corrected chi connectivity index (χ0v) is 16.8. The average molecular weight is 416 g/mol. The molecule has 0 bridgehead atoms. The number of Topliss-reactive ketones (excluding diaryl/α,β-unsaturated/α-hetero) is 1. The van der Waals surface area contributed by atoms with Crippen molar-refractivity contribution in [3.63, 3.8) is 0 Å². The molecule has 1 aliphatic rings. The van der Waals surface area contributed by atoms with Crippen LogP contribution in [0.25, 0.3) is 0 Å². The van der Waals surface area contributed by atoms with Crippen molar-refractivity contribution in [1.82, 2.24) is 5.32 Å². The number of carbonyl (C=O) groups excluding carboxylic acids is 2. The fourth-order valence-corrected chi connectivity index (χ4v) is 3.57. The van der Waals surface area contributed by atoms with Gasteiger partial charge in [0.15, 0.2) is 5.11 Å². The molecule has 0 fully saturated rings. The normalized spacial score (nSPS) is 16.5. The number of rotatable bonds is 4. The van der Waals surface area contributed by atoms with Gasteiger partial charge in [0.05, 0.1) is 24.4 Å². The largest absolute Gasteiger partial charge is 0.463 e. The fourth-order valence-electron chi connectivity index (χ4n) is 3.21. The number of hydrogen-bond donors (Lipinski definition) is 1. The standard InChI is InChI=1S/C21H18F2N2O3S/c1-11-7-8-15(10-16(11)23)25-12(2)17(19(26)20(27)28-3)18(24-21(25)29)13-5-4-6-14(22)9-13/h4-10,18H,1-3H3,(H,24,29)/t18-/m0/s1. The fraction of sp³-hybridized carbons (Fsp3) is 0.190. The second kappa shape index (κ2) is 8.08. The summed E-state index contributed by atoms with van der Waals surface area (Å²) < 4.78 is 32.5. The van der Waals surface area contributed by atoms with Gasteiger partial charge in [0.1, 0.15) is 11.6 Å². The Hall–Kier alpha value is -3.13. The molecule has 1 aliphatic heterocycles. The van der Waals surface area contributed by atoms with Crippen LogP contribution in [0.1, 0.15) is 24.1 Å². The first-order valence-electron chi connectivity index (χ1n) is 8.70. The Bertz CT molecular complexity index is 1050. The van der Waals surface area contributed by atoms with E-state index in [1.165, 1.54) is 29.2 Å². The van der Waals surface area contributed by atoms with Crippen molar-refractivity contribution < 1.29 is 23.1 Å². The van der Waals surface area contributed by atoms with E-state index in [4.69, 9.17) is 12.2 Å². The molecule has 0 amide bonds. The molecule has 1 N–H and O–H groups in total. The molecule has 3 rings (SSSR count). The van der Waals surface area contributed by atoms with Crippen molar-refractivity contribution in [2.24, 2.45) is 0 Å². The zero-order chi connectivity index (χ0) is 21.3. The topological polar surface area (TPSA) is 58.6 Å². The molecule has 0 radical (unpaired) electrons. The number of halogens is 2. The van der Waals surface area contributed by atoms with Gasteiger partial charge in [0, 0.05) is 5.70 Å². The van der Waals surface area contributed by atoms with E-state index in [0.29, 0.717) is 22.5 Å². The molecule has 29 heavy (non-hydrogen) atoms. The summed E-state index contributed by atoms with van der Waals surface area (Å²) in [6.07, 6.45) is 0. The van der Waals surface area contributed by atoms with E-state index in [9.17, 15) is 18.4 Å². The lowest BCUT2D eigenvalue weighted by atomic mass is 9.91. The van der Waals surface area contributed by atoms with Gasteiger partial charge < -0.3 is 10.1 Å². The Labute approximate surface area is 172 Å². The van der Waals surface area contributed by atoms with E-state index in [2.05, 4.69) is 10.1 Å². The van der Waals surface area contributed by atoms with E-state index >= 15 is 0 Å². The molecule has 0 unspecified atom stereocenters. The highest BCUT2D eigenvalue weighted by Gasteiger charge is 2.37. The van der Waals surface area contributed by atoms with E-state index in [0.717, 1.165) is 7.11 Å². The highest BCUT2D eigenvalue weighted by molar-refractivity contribution is 7.80. The van der Waals surface area contributed by atoms with Crippen molar-refractivity contribution in [2.45, 2.75) is 19.9 Å². The quantitative estimate of drug-likeness (QED) is 0.466. The molecular formula is C21H18F2N2O3S. The van der Waals surface area contributed by atoms with Crippen molar-refractivity contribution >= 4 is 34.8 Å². The number of ether oxygens (including phenoxy) is 1. The van der Waals surface area contributed by atoms with Gasteiger partial charge in [-0.3, -0.25) is 9.69 Å². The number of methoxy groups -OCH3 is 1. The maximum Gasteiger partial charge on any atom is 0.379 e. The second-order valence-corrected chi connectivity index (χ2v) is 6.91. The van der Waals surface area contributed by atoms with Gasteiger partial charge in [-0.2, -0.15) is 0 Å². The Balaban J connectivity index is 2.19. The lowest BCUT2D eigenvalue weighted by Gasteiger charge is -2.37. The molecule has 2 aromatic carbocycles. The molecule has 1 atom stereocenters. The lowest BCUT2D eigenvalue weighted by molar-refractivity contribution is -0.150. The molecule has 0 saturated heterocycles. The minimum atomic E-state index is -1.06. The minimum Gasteiger partial charge on any atom is -0.463 e. The summed E-state index contributed by atoms with van der Waals surface area (Å²) in [5, 5.41) is 3.15. The predicted octanol–water partition coefficient (Wildman–Crippen LogP) is 3.73. The number of nitrogens with zero attached hydrogens (tertiary/aromatic N) is 1. The van der Waals surface area contributed by atoms with Gasteiger partial charge in [-0.1, -0.05) is 18.2 Å². The first-order chi connectivity index (χ1) is 13.7.